The monoisotopic (exact) mass is 216 g/mol. The van der Waals surface area contributed by atoms with Crippen LogP contribution in [0.4, 0.5) is 0 Å². The van der Waals surface area contributed by atoms with Gasteiger partial charge in [0.15, 0.2) is 0 Å². The zero-order chi connectivity index (χ0) is 11.9. The standard InChI is InChI=1S/C10H20N2O3/c1-10(2,9(14)15-4)7-12-6-5-8(13)11-3/h12H,5-7H2,1-4H3,(H,11,13). The second-order valence-corrected chi connectivity index (χ2v) is 3.98. The number of hydrogen-bond donors (Lipinski definition) is 2. The lowest BCUT2D eigenvalue weighted by Crippen LogP contribution is -2.38. The first-order valence-electron chi connectivity index (χ1n) is 4.93. The molecule has 0 fully saturated rings. The summed E-state index contributed by atoms with van der Waals surface area (Å²) in [7, 11) is 2.97. The largest absolute Gasteiger partial charge is 0.469 e. The summed E-state index contributed by atoms with van der Waals surface area (Å²) in [4.78, 5) is 22.2. The van der Waals surface area contributed by atoms with Crippen molar-refractivity contribution in [2.24, 2.45) is 5.41 Å². The molecule has 0 heterocycles. The van der Waals surface area contributed by atoms with Gasteiger partial charge in [-0.1, -0.05) is 0 Å². The third kappa shape index (κ3) is 5.37. The molecule has 5 nitrogen and oxygen atoms in total. The van der Waals surface area contributed by atoms with Crippen LogP contribution in [0.15, 0.2) is 0 Å². The van der Waals surface area contributed by atoms with Gasteiger partial charge in [-0.25, -0.2) is 0 Å². The highest BCUT2D eigenvalue weighted by molar-refractivity contribution is 5.76. The summed E-state index contributed by atoms with van der Waals surface area (Å²) in [5.74, 6) is -0.270. The van der Waals surface area contributed by atoms with E-state index in [1.807, 2.05) is 0 Å². The maximum atomic E-state index is 11.3. The molecule has 0 aliphatic carbocycles. The normalized spacial score (nSPS) is 10.9. The van der Waals surface area contributed by atoms with Crippen LogP contribution in [0.1, 0.15) is 20.3 Å². The van der Waals surface area contributed by atoms with Crippen LogP contribution < -0.4 is 10.6 Å². The highest BCUT2D eigenvalue weighted by atomic mass is 16.5. The van der Waals surface area contributed by atoms with E-state index >= 15 is 0 Å². The topological polar surface area (TPSA) is 67.4 Å². The second kappa shape index (κ2) is 6.40. The van der Waals surface area contributed by atoms with Gasteiger partial charge in [-0.15, -0.1) is 0 Å². The van der Waals surface area contributed by atoms with E-state index in [0.717, 1.165) is 0 Å². The van der Waals surface area contributed by atoms with Crippen molar-refractivity contribution in [3.8, 4) is 0 Å². The Morgan fingerprint density at radius 3 is 2.40 bits per heavy atom. The SMILES string of the molecule is CNC(=O)CCNCC(C)(C)C(=O)OC. The summed E-state index contributed by atoms with van der Waals surface area (Å²) < 4.78 is 4.66. The summed E-state index contributed by atoms with van der Waals surface area (Å²) >= 11 is 0. The Morgan fingerprint density at radius 1 is 1.33 bits per heavy atom. The van der Waals surface area contributed by atoms with Crippen LogP contribution in [0.25, 0.3) is 0 Å². The van der Waals surface area contributed by atoms with Gasteiger partial charge in [0.1, 0.15) is 0 Å². The summed E-state index contributed by atoms with van der Waals surface area (Å²) in [5, 5.41) is 5.57. The smallest absolute Gasteiger partial charge is 0.312 e. The van der Waals surface area contributed by atoms with Crippen LogP contribution in [0.2, 0.25) is 0 Å². The highest BCUT2D eigenvalue weighted by Gasteiger charge is 2.27. The van der Waals surface area contributed by atoms with Crippen molar-refractivity contribution >= 4 is 11.9 Å². The zero-order valence-electron chi connectivity index (χ0n) is 9.85. The molecule has 88 valence electrons. The molecular weight excluding hydrogens is 196 g/mol. The molecule has 15 heavy (non-hydrogen) atoms. The molecule has 0 unspecified atom stereocenters. The minimum Gasteiger partial charge on any atom is -0.469 e. The molecule has 0 atom stereocenters. The average Bonchev–Trinajstić information content (AvgIpc) is 2.22. The average molecular weight is 216 g/mol. The first-order chi connectivity index (χ1) is 6.94. The van der Waals surface area contributed by atoms with Crippen molar-refractivity contribution < 1.29 is 14.3 Å². The van der Waals surface area contributed by atoms with Crippen molar-refractivity contribution in [2.75, 3.05) is 27.2 Å². The Kier molecular flexibility index (Phi) is 5.93. The molecule has 0 aliphatic rings. The van der Waals surface area contributed by atoms with E-state index in [1.165, 1.54) is 7.11 Å². The van der Waals surface area contributed by atoms with Gasteiger partial charge in [0.2, 0.25) is 5.91 Å². The quantitative estimate of drug-likeness (QED) is 0.481. The van der Waals surface area contributed by atoms with E-state index in [0.29, 0.717) is 19.5 Å². The van der Waals surface area contributed by atoms with Crippen molar-refractivity contribution in [2.45, 2.75) is 20.3 Å². The van der Waals surface area contributed by atoms with E-state index in [-0.39, 0.29) is 11.9 Å². The molecule has 0 aromatic carbocycles. The van der Waals surface area contributed by atoms with Gasteiger partial charge in [-0.3, -0.25) is 9.59 Å². The van der Waals surface area contributed by atoms with E-state index in [9.17, 15) is 9.59 Å². The van der Waals surface area contributed by atoms with Gasteiger partial charge >= 0.3 is 5.97 Å². The van der Waals surface area contributed by atoms with Crippen LogP contribution >= 0.6 is 0 Å². The lowest BCUT2D eigenvalue weighted by atomic mass is 9.94. The van der Waals surface area contributed by atoms with E-state index < -0.39 is 5.41 Å². The van der Waals surface area contributed by atoms with Crippen molar-refractivity contribution in [3.05, 3.63) is 0 Å². The highest BCUT2D eigenvalue weighted by Crippen LogP contribution is 2.14. The first kappa shape index (κ1) is 13.9. The van der Waals surface area contributed by atoms with Gasteiger partial charge < -0.3 is 15.4 Å². The van der Waals surface area contributed by atoms with Crippen molar-refractivity contribution in [1.29, 1.82) is 0 Å². The molecular formula is C10H20N2O3. The molecule has 0 aromatic heterocycles. The number of nitrogens with one attached hydrogen (secondary N) is 2. The summed E-state index contributed by atoms with van der Waals surface area (Å²) in [6, 6.07) is 0. The Hall–Kier alpha value is -1.10. The molecule has 0 rings (SSSR count). The third-order valence-electron chi connectivity index (χ3n) is 2.11. The molecule has 0 aliphatic heterocycles. The van der Waals surface area contributed by atoms with Crippen LogP contribution in [-0.4, -0.2) is 39.1 Å². The van der Waals surface area contributed by atoms with E-state index in [1.54, 1.807) is 20.9 Å². The van der Waals surface area contributed by atoms with Gasteiger partial charge in [-0.2, -0.15) is 0 Å². The summed E-state index contributed by atoms with van der Waals surface area (Å²) in [6.07, 6.45) is 0.410. The van der Waals surface area contributed by atoms with Gasteiger partial charge in [0.05, 0.1) is 12.5 Å². The molecule has 5 heteroatoms. The number of methoxy groups -OCH3 is 1. The van der Waals surface area contributed by atoms with Gasteiger partial charge in [0.25, 0.3) is 0 Å². The zero-order valence-corrected chi connectivity index (χ0v) is 9.85. The van der Waals surface area contributed by atoms with Crippen LogP contribution in [-0.2, 0) is 14.3 Å². The van der Waals surface area contributed by atoms with Crippen molar-refractivity contribution in [1.82, 2.24) is 10.6 Å². The second-order valence-electron chi connectivity index (χ2n) is 3.98. The molecule has 0 saturated heterocycles. The lowest BCUT2D eigenvalue weighted by Gasteiger charge is -2.21. The minimum atomic E-state index is -0.558. The molecule has 0 saturated carbocycles. The lowest BCUT2D eigenvalue weighted by molar-refractivity contribution is -0.150. The number of esters is 1. The molecule has 0 radical (unpaired) electrons. The van der Waals surface area contributed by atoms with E-state index in [4.69, 9.17) is 0 Å². The molecule has 2 N–H and O–H groups in total. The minimum absolute atomic E-state index is 0.0154. The molecule has 0 spiro atoms. The Morgan fingerprint density at radius 2 is 1.93 bits per heavy atom. The maximum Gasteiger partial charge on any atom is 0.312 e. The van der Waals surface area contributed by atoms with Crippen LogP contribution in [0.3, 0.4) is 0 Å². The summed E-state index contributed by atoms with van der Waals surface area (Å²) in [5.41, 5.74) is -0.558. The predicted molar refractivity (Wildman–Crippen MR) is 57.4 cm³/mol. The first-order valence-corrected chi connectivity index (χ1v) is 4.93. The fourth-order valence-electron chi connectivity index (χ4n) is 1.08. The Balaban J connectivity index is 3.75. The van der Waals surface area contributed by atoms with Crippen LogP contribution in [0.5, 0.6) is 0 Å². The number of hydrogen-bond acceptors (Lipinski definition) is 4. The number of ether oxygens (including phenoxy) is 1. The van der Waals surface area contributed by atoms with Gasteiger partial charge in [-0.05, 0) is 13.8 Å². The van der Waals surface area contributed by atoms with E-state index in [2.05, 4.69) is 15.4 Å². The van der Waals surface area contributed by atoms with Crippen LogP contribution in [0, 0.1) is 5.41 Å². The predicted octanol–water partition coefficient (Wildman–Crippen LogP) is -0.0887. The Bertz CT molecular complexity index is 227. The van der Waals surface area contributed by atoms with Crippen molar-refractivity contribution in [3.63, 3.8) is 0 Å². The number of rotatable bonds is 6. The number of amides is 1. The molecule has 0 aromatic rings. The fourth-order valence-corrected chi connectivity index (χ4v) is 1.08. The third-order valence-corrected chi connectivity index (χ3v) is 2.11. The Labute approximate surface area is 90.6 Å². The number of carbonyl (C=O) groups excluding carboxylic acids is 2. The number of carbonyl (C=O) groups is 2. The fraction of sp³-hybridized carbons (Fsp3) is 0.800. The maximum absolute atomic E-state index is 11.3. The van der Waals surface area contributed by atoms with Gasteiger partial charge in [0, 0.05) is 26.6 Å². The molecule has 1 amide bonds. The summed E-state index contributed by atoms with van der Waals surface area (Å²) in [6.45, 7) is 4.65. The molecule has 0 bridgehead atoms.